The fraction of sp³-hybridized carbons (Fsp3) is 0.412. The second-order valence-electron chi connectivity index (χ2n) is 33.4. The SMILES string of the molecule is CC(C)(C)C(O)=CC(O)C(C)(C)C.CC(C)C(C(O)=CC(O)C(C(C)C)C(C)C)C(C)C.CC(O)=CC(C)O.CN1c2ccccc2C(C)(C)c2cc[c-]c(-c3ccc(C4CCCCC4)cn3)c21.[2H]C([2H])([2H])N1c2cc[c-]c(-c3ccccn3)c2[Se]c2c1ccc(C)c2C.[Ir].[Ir].[Ir].[c-]1ccc2c(c1-c1ccccn1)Oc1ccccc1[Se]2. The standard InChI is InChI=1S/C27H29N2.C20H17N2Se.C17H10NOSe.C17H34O2.C11H22O2.C5H10O2.3Ir/c1-27(2)22-13-7-8-15-25(22)29(3)26-21(12-9-14-23(26)27)24-17-16-20(18-28-24)19-10-5-4-6-11-19;1-13-10-11-18-19(14(13)2)23-20-15(16-8-4-5-12-21-16)7-6-9-17(20)22(18)3;1-2-9-15-14(8-1)19-17-12(6-5-10-16(17)20-15)13-7-3-4-11-18-13;1-10(2)16(11(3)4)14(18)9-15(19)17(12(5)6)13(7)8;1-10(2,3)8(12)7-9(13)11(4,5)6;1-4(6)3-5(2)7;;;/h7-9,13-19H,4-6,10-11H2,1-3H3;4-6,8-12H,1-3H3;1-5,7-11H;9-14,16-19H,1-8H3;7-8,12-13H,1-6H3;3-4,6-7H,1-2H3;;;/q3*-1;;;;;;/i;3D3;;;;;;;. The summed E-state index contributed by atoms with van der Waals surface area (Å²) in [5.74, 6) is 5.16. The van der Waals surface area contributed by atoms with Gasteiger partial charge in [0, 0.05) is 96.0 Å². The monoisotopic (exact) mass is 2210 g/mol. The third kappa shape index (κ3) is 25.6. The zero-order chi connectivity index (χ0) is 83.9. The third-order valence-electron chi connectivity index (χ3n) is 20.9. The van der Waals surface area contributed by atoms with E-state index in [2.05, 4.69) is 196 Å². The summed E-state index contributed by atoms with van der Waals surface area (Å²) in [4.78, 5) is 17.6. The maximum absolute atomic E-state index is 10.4. The van der Waals surface area contributed by atoms with Gasteiger partial charge >= 0.3 is 270 Å². The summed E-state index contributed by atoms with van der Waals surface area (Å²) in [6.45, 7) is 38.1. The van der Waals surface area contributed by atoms with Crippen molar-refractivity contribution < 1.29 is 99.8 Å². The van der Waals surface area contributed by atoms with Gasteiger partial charge in [-0.15, -0.1) is 23.8 Å². The zero-order valence-corrected chi connectivity index (χ0v) is 80.9. The van der Waals surface area contributed by atoms with Gasteiger partial charge in [-0.1, -0.05) is 166 Å². The molecule has 3 aromatic heterocycles. The topological polar surface area (TPSA) is 176 Å². The average molecular weight is 2210 g/mol. The van der Waals surface area contributed by atoms with Gasteiger partial charge in [0.15, 0.2) is 0 Å². The second kappa shape index (κ2) is 44.5. The van der Waals surface area contributed by atoms with E-state index in [-0.39, 0.29) is 130 Å². The van der Waals surface area contributed by atoms with E-state index in [0.717, 1.165) is 65.6 Å². The molecule has 0 bridgehead atoms. The van der Waals surface area contributed by atoms with Crippen LogP contribution >= 0.6 is 0 Å². The van der Waals surface area contributed by atoms with Crippen molar-refractivity contribution in [2.24, 2.45) is 46.3 Å². The first-order chi connectivity index (χ1) is 53.6. The predicted molar refractivity (Wildman–Crippen MR) is 465 cm³/mol. The van der Waals surface area contributed by atoms with Crippen LogP contribution in [0.4, 0.5) is 22.7 Å². The molecule has 3 aliphatic heterocycles. The number of hydrogen-bond acceptors (Lipinski definition) is 12. The van der Waals surface area contributed by atoms with E-state index in [1.165, 1.54) is 104 Å². The van der Waals surface area contributed by atoms with Gasteiger partial charge in [-0.3, -0.25) is 0 Å². The summed E-state index contributed by atoms with van der Waals surface area (Å²) in [6, 6.07) is 59.1. The van der Waals surface area contributed by atoms with Gasteiger partial charge in [0.05, 0.1) is 35.6 Å². The van der Waals surface area contributed by atoms with Crippen molar-refractivity contribution in [3.63, 3.8) is 0 Å². The van der Waals surface area contributed by atoms with Gasteiger partial charge in [-0.05, 0) is 114 Å². The third-order valence-corrected chi connectivity index (χ3v) is 26.0. The fourth-order valence-electron chi connectivity index (χ4n) is 14.7. The molecule has 3 atom stereocenters. The Morgan fingerprint density at radius 3 is 1.69 bits per heavy atom. The number of pyridine rings is 3. The van der Waals surface area contributed by atoms with Crippen LogP contribution < -0.4 is 32.4 Å². The predicted octanol–water partition coefficient (Wildman–Crippen LogP) is 20.6. The van der Waals surface area contributed by atoms with E-state index in [0.29, 0.717) is 35.3 Å². The molecule has 4 aliphatic rings. The first kappa shape index (κ1) is 93.2. The van der Waals surface area contributed by atoms with Crippen LogP contribution in [0.1, 0.15) is 195 Å². The molecule has 13 rings (SSSR count). The molecule has 1 aliphatic carbocycles. The summed E-state index contributed by atoms with van der Waals surface area (Å²) in [5, 5.41) is 56.9. The summed E-state index contributed by atoms with van der Waals surface area (Å²) in [5.41, 5.74) is 15.6. The Bertz CT molecular complexity index is 4710. The number of aromatic nitrogens is 3. The van der Waals surface area contributed by atoms with Crippen molar-refractivity contribution in [2.75, 3.05) is 23.8 Å². The molecule has 0 spiro atoms. The molecular formula is C97H122Ir3N5O7Se2-3. The van der Waals surface area contributed by atoms with E-state index in [9.17, 15) is 20.4 Å². The summed E-state index contributed by atoms with van der Waals surface area (Å²) in [6.07, 6.45) is 15.2. The number of fused-ring (bicyclic) bond motifs is 6. The number of allylic oxidation sites excluding steroid dienone is 3. The van der Waals surface area contributed by atoms with E-state index in [1.807, 2.05) is 114 Å². The Balaban J connectivity index is 0.000000259. The van der Waals surface area contributed by atoms with Crippen molar-refractivity contribution in [3.05, 3.63) is 246 Å². The van der Waals surface area contributed by atoms with E-state index < -0.39 is 25.3 Å². The Hall–Kier alpha value is -6.34. The molecule has 6 heterocycles. The number of hydrogen-bond donors (Lipinski definition) is 6. The Labute approximate surface area is 740 Å². The molecule has 3 unspecified atom stereocenters. The van der Waals surface area contributed by atoms with Crippen LogP contribution in [-0.2, 0) is 65.7 Å². The van der Waals surface area contributed by atoms with Gasteiger partial charge in [0.25, 0.3) is 0 Å². The first-order valence-electron chi connectivity index (χ1n) is 40.7. The summed E-state index contributed by atoms with van der Waals surface area (Å²) >= 11 is 0.246. The number of para-hydroxylation sites is 2. The van der Waals surface area contributed by atoms with Crippen LogP contribution in [0.2, 0.25) is 0 Å². The van der Waals surface area contributed by atoms with Crippen LogP contribution in [-0.4, -0.2) is 108 Å². The van der Waals surface area contributed by atoms with Crippen molar-refractivity contribution in [1.29, 1.82) is 0 Å². The minimum absolute atomic E-state index is 0. The minimum atomic E-state index is -2.26. The fourth-order valence-corrected chi connectivity index (χ4v) is 19.5. The Morgan fingerprint density at radius 2 is 1.14 bits per heavy atom. The number of aryl methyl sites for hydroxylation is 1. The average Bonchev–Trinajstić information content (AvgIpc) is 0.728. The van der Waals surface area contributed by atoms with Gasteiger partial charge in [-0.2, -0.15) is 0 Å². The molecule has 17 heteroatoms. The normalized spacial score (nSPS) is 15.5. The van der Waals surface area contributed by atoms with Crippen LogP contribution in [0, 0.1) is 78.4 Å². The molecule has 3 radical (unpaired) electrons. The quantitative estimate of drug-likeness (QED) is 0.0367. The number of anilines is 4. The van der Waals surface area contributed by atoms with Crippen molar-refractivity contribution in [2.45, 2.75) is 200 Å². The van der Waals surface area contributed by atoms with Crippen LogP contribution in [0.15, 0.2) is 200 Å². The molecule has 9 aromatic rings. The molecule has 114 heavy (non-hydrogen) atoms. The van der Waals surface area contributed by atoms with Crippen molar-refractivity contribution >= 4 is 70.5 Å². The Morgan fingerprint density at radius 1 is 0.579 bits per heavy atom. The molecular weight excluding hydrogens is 2080 g/mol. The number of rotatable bonds is 13. The molecule has 6 aromatic carbocycles. The number of nitrogens with zero attached hydrogens (tertiary/aromatic N) is 5. The number of aliphatic hydroxyl groups is 6. The molecule has 6 N–H and O–H groups in total. The van der Waals surface area contributed by atoms with E-state index >= 15 is 0 Å². The van der Waals surface area contributed by atoms with Crippen LogP contribution in [0.3, 0.4) is 0 Å². The van der Waals surface area contributed by atoms with Gasteiger partial charge in [-0.25, -0.2) is 0 Å². The second-order valence-corrected chi connectivity index (χ2v) is 37.9. The molecule has 0 saturated heterocycles. The van der Waals surface area contributed by atoms with Crippen LogP contribution in [0.25, 0.3) is 33.8 Å². The maximum atomic E-state index is 10.4. The Kier molecular flexibility index (Phi) is 36.3. The van der Waals surface area contributed by atoms with E-state index in [1.54, 1.807) is 31.5 Å². The van der Waals surface area contributed by atoms with Gasteiger partial charge in [0.2, 0.25) is 0 Å². The summed E-state index contributed by atoms with van der Waals surface area (Å²) in [7, 11) is 2.17. The van der Waals surface area contributed by atoms with Crippen molar-refractivity contribution in [3.8, 4) is 45.3 Å². The van der Waals surface area contributed by atoms with Gasteiger partial charge < -0.3 is 40.5 Å². The first-order valence-corrected chi connectivity index (χ1v) is 42.6. The molecule has 619 valence electrons. The molecule has 0 amide bonds. The number of benzene rings is 6. The summed E-state index contributed by atoms with van der Waals surface area (Å²) < 4.78 is 35.2. The van der Waals surface area contributed by atoms with Gasteiger partial charge in [0.1, 0.15) is 0 Å². The number of ether oxygens (including phenoxy) is 1. The van der Waals surface area contributed by atoms with E-state index in [4.69, 9.17) is 24.0 Å². The number of aliphatic hydroxyl groups excluding tert-OH is 6. The van der Waals surface area contributed by atoms with Crippen LogP contribution in [0.5, 0.6) is 11.5 Å². The molecule has 1 saturated carbocycles. The zero-order valence-electron chi connectivity index (χ0n) is 73.3. The van der Waals surface area contributed by atoms with Crippen molar-refractivity contribution in [1.82, 2.24) is 15.0 Å². The molecule has 1 fully saturated rings. The molecule has 12 nitrogen and oxygen atoms in total.